The molecule has 2 aliphatic heterocycles. The minimum atomic E-state index is -3.94. The van der Waals surface area contributed by atoms with Crippen molar-refractivity contribution in [3.05, 3.63) is 76.2 Å². The van der Waals surface area contributed by atoms with Crippen molar-refractivity contribution >= 4 is 58.0 Å². The molecule has 2 aromatic carbocycles. The molecule has 1 unspecified atom stereocenters. The first-order chi connectivity index (χ1) is 28.3. The molecule has 7 rings (SSSR count). The molecule has 59 heavy (non-hydrogen) atoms. The number of pyridine rings is 1. The molecule has 2 aromatic heterocycles. The minimum absolute atomic E-state index is 0.0208. The molecule has 4 heterocycles. The highest BCUT2D eigenvalue weighted by Gasteiger charge is 2.67. The van der Waals surface area contributed by atoms with Crippen LogP contribution in [0.5, 0.6) is 11.5 Å². The van der Waals surface area contributed by atoms with E-state index in [0.29, 0.717) is 71.3 Å². The summed E-state index contributed by atoms with van der Waals surface area (Å²) in [6.07, 6.45) is 3.85. The number of allylic oxidation sites excluding steroid dienone is 1. The number of anilines is 1. The van der Waals surface area contributed by atoms with Gasteiger partial charge in [0.15, 0.2) is 10.9 Å². The van der Waals surface area contributed by atoms with E-state index in [0.717, 1.165) is 17.3 Å². The van der Waals surface area contributed by atoms with Gasteiger partial charge in [-0.1, -0.05) is 36.7 Å². The van der Waals surface area contributed by atoms with Crippen LogP contribution >= 0.6 is 30.3 Å². The summed E-state index contributed by atoms with van der Waals surface area (Å²) in [6, 6.07) is 8.09. The maximum absolute atomic E-state index is 15.2. The number of fused-ring (bicyclic) bond motifs is 3. The molecule has 316 valence electrons. The van der Waals surface area contributed by atoms with Gasteiger partial charge in [0.25, 0.3) is 0 Å². The van der Waals surface area contributed by atoms with Gasteiger partial charge in [0.05, 0.1) is 55.4 Å². The number of hydrogen-bond acceptors (Lipinski definition) is 11. The first kappa shape index (κ1) is 43.2. The van der Waals surface area contributed by atoms with E-state index in [4.69, 9.17) is 40.3 Å². The van der Waals surface area contributed by atoms with Crippen molar-refractivity contribution in [1.29, 1.82) is 0 Å². The zero-order chi connectivity index (χ0) is 42.1. The summed E-state index contributed by atoms with van der Waals surface area (Å²) < 4.78 is 69.5. The lowest BCUT2D eigenvalue weighted by molar-refractivity contribution is -0.140. The second-order valence-corrected chi connectivity index (χ2v) is 19.9. The number of ketones is 1. The van der Waals surface area contributed by atoms with Crippen molar-refractivity contribution in [1.82, 2.24) is 14.9 Å². The van der Waals surface area contributed by atoms with Gasteiger partial charge in [-0.05, 0) is 70.2 Å². The molecule has 3 aliphatic rings. The summed E-state index contributed by atoms with van der Waals surface area (Å²) in [5, 5.41) is 5.64. The number of ether oxygens (including phenoxy) is 3. The summed E-state index contributed by atoms with van der Waals surface area (Å²) in [5.74, 6) is -2.05. The Hall–Kier alpha value is -3.94. The van der Waals surface area contributed by atoms with Crippen LogP contribution in [0.3, 0.4) is 0 Å². The van der Waals surface area contributed by atoms with Crippen molar-refractivity contribution < 1.29 is 41.7 Å². The Bertz CT molecular complexity index is 2270. The minimum Gasteiger partial charge on any atom is -0.495 e. The number of rotatable bonds is 11. The standard InChI is InChI=1S/C43H50ClF2N4O7PS/c1-6-56-58(53,23-30-31(45)11-9-12-32(30)46)43-20-27(43)15-17-55-16-8-7-10-26(4)41(52)50-22-28(18-35(50)36(51)21-43)57-38-19-33(34-24-59-42(49-34)47-25(2)3)48-40-29(38)13-14-37(54-5)39(40)44/h7-9,11-14,19,24-28,35H,6,10,15-18,20-23H2,1-5H3,(H,47,49)/b8-7+/t26-,27+,28+,35-,43+,58?/m0/s1. The van der Waals surface area contributed by atoms with Gasteiger partial charge < -0.3 is 29.0 Å². The molecule has 0 spiro atoms. The predicted molar refractivity (Wildman–Crippen MR) is 226 cm³/mol. The van der Waals surface area contributed by atoms with Crippen molar-refractivity contribution in [2.45, 2.75) is 89.3 Å². The van der Waals surface area contributed by atoms with Gasteiger partial charge in [-0.2, -0.15) is 0 Å². The zero-order valence-electron chi connectivity index (χ0n) is 33.8. The molecule has 1 saturated heterocycles. The van der Waals surface area contributed by atoms with Crippen molar-refractivity contribution in [3.63, 3.8) is 0 Å². The predicted octanol–water partition coefficient (Wildman–Crippen LogP) is 9.70. The maximum Gasteiger partial charge on any atom is 0.226 e. The van der Waals surface area contributed by atoms with Crippen LogP contribution in [0.25, 0.3) is 22.3 Å². The quantitative estimate of drug-likeness (QED) is 0.115. The van der Waals surface area contributed by atoms with Crippen LogP contribution in [0.4, 0.5) is 13.9 Å². The molecule has 6 atom stereocenters. The number of thiazole rings is 1. The summed E-state index contributed by atoms with van der Waals surface area (Å²) in [6.45, 7) is 8.33. The van der Waals surface area contributed by atoms with E-state index in [9.17, 15) is 9.59 Å². The number of aromatic nitrogens is 2. The van der Waals surface area contributed by atoms with E-state index in [2.05, 4.69) is 5.32 Å². The van der Waals surface area contributed by atoms with E-state index in [-0.39, 0.29) is 55.2 Å². The Morgan fingerprint density at radius 1 is 1.12 bits per heavy atom. The molecule has 0 radical (unpaired) electrons. The smallest absolute Gasteiger partial charge is 0.226 e. The van der Waals surface area contributed by atoms with Crippen LogP contribution in [0.1, 0.15) is 65.4 Å². The average Bonchev–Trinajstić information content (AvgIpc) is 3.47. The largest absolute Gasteiger partial charge is 0.495 e. The third kappa shape index (κ3) is 8.93. The molecule has 1 N–H and O–H groups in total. The molecular formula is C43H50ClF2N4O7PS. The molecule has 11 nitrogen and oxygen atoms in total. The number of carbonyl (C=O) groups excluding carboxylic acids is 2. The van der Waals surface area contributed by atoms with E-state index in [1.807, 2.05) is 44.4 Å². The number of amides is 1. The Kier molecular flexibility index (Phi) is 13.1. The first-order valence-corrected chi connectivity index (χ1v) is 23.1. The lowest BCUT2D eigenvalue weighted by Crippen LogP contribution is -2.44. The highest BCUT2D eigenvalue weighted by atomic mass is 35.5. The van der Waals surface area contributed by atoms with Gasteiger partial charge in [0.2, 0.25) is 13.3 Å². The monoisotopic (exact) mass is 870 g/mol. The number of halogens is 3. The number of nitrogens with one attached hydrogen (secondary N) is 1. The van der Waals surface area contributed by atoms with Crippen molar-refractivity contribution in [3.8, 4) is 22.9 Å². The molecule has 2 fully saturated rings. The van der Waals surface area contributed by atoms with Crippen molar-refractivity contribution in [2.24, 2.45) is 11.8 Å². The van der Waals surface area contributed by atoms with Crippen LogP contribution in [0.2, 0.25) is 5.02 Å². The van der Waals surface area contributed by atoms with Gasteiger partial charge in [-0.25, -0.2) is 18.7 Å². The fourth-order valence-electron chi connectivity index (χ4n) is 8.38. The van der Waals surface area contributed by atoms with Gasteiger partial charge in [0, 0.05) is 53.8 Å². The maximum atomic E-state index is 15.2. The number of Topliss-reactive ketones (excluding diaryl/α,β-unsaturated/α-hetero) is 1. The topological polar surface area (TPSA) is 129 Å². The fourth-order valence-corrected chi connectivity index (χ4v) is 12.9. The SMILES string of the molecule is CCOP(=O)(Cc1c(F)cccc1F)[C@]12CC(=O)[C@@H]3C[C@@H](Oc4cc(-c5csc(NC(C)C)n5)nc5c(Cl)c(OC)ccc45)CN3C(=O)[C@@H](C)C/C=C/COCC[C@@H]1C2. The molecule has 4 aromatic rings. The third-order valence-corrected chi connectivity index (χ3v) is 16.1. The van der Waals surface area contributed by atoms with Gasteiger partial charge in [-0.3, -0.25) is 14.2 Å². The average molecular weight is 871 g/mol. The highest BCUT2D eigenvalue weighted by Crippen LogP contribution is 2.77. The normalized spacial score (nSPS) is 25.5. The number of methoxy groups -OCH3 is 1. The molecule has 16 heteroatoms. The third-order valence-electron chi connectivity index (χ3n) is 11.5. The van der Waals surface area contributed by atoms with Crippen LogP contribution in [0.15, 0.2) is 53.9 Å². The summed E-state index contributed by atoms with van der Waals surface area (Å²) in [5.41, 5.74) is 1.23. The highest BCUT2D eigenvalue weighted by molar-refractivity contribution is 7.60. The van der Waals surface area contributed by atoms with E-state index < -0.39 is 48.4 Å². The van der Waals surface area contributed by atoms with E-state index in [1.54, 1.807) is 24.0 Å². The number of hydrogen-bond donors (Lipinski definition) is 1. The summed E-state index contributed by atoms with van der Waals surface area (Å²) in [7, 11) is -2.41. The molecule has 1 aliphatic carbocycles. The lowest BCUT2D eigenvalue weighted by atomic mass is 10.00. The Balaban J connectivity index is 1.25. The molecule has 0 bridgehead atoms. The zero-order valence-corrected chi connectivity index (χ0v) is 36.3. The van der Waals surface area contributed by atoms with E-state index in [1.165, 1.54) is 24.5 Å². The number of carbonyl (C=O) groups is 2. The van der Waals surface area contributed by atoms with Crippen LogP contribution < -0.4 is 14.8 Å². The van der Waals surface area contributed by atoms with Crippen LogP contribution in [0, 0.1) is 23.5 Å². The Morgan fingerprint density at radius 3 is 2.63 bits per heavy atom. The lowest BCUT2D eigenvalue weighted by Gasteiger charge is -2.31. The van der Waals surface area contributed by atoms with Gasteiger partial charge in [-0.15, -0.1) is 11.3 Å². The summed E-state index contributed by atoms with van der Waals surface area (Å²) in [4.78, 5) is 40.3. The molecule has 1 saturated carbocycles. The number of benzene rings is 2. The second kappa shape index (κ2) is 18.0. The van der Waals surface area contributed by atoms with Crippen LogP contribution in [-0.2, 0) is 29.6 Å². The second-order valence-electron chi connectivity index (χ2n) is 15.9. The van der Waals surface area contributed by atoms with Crippen molar-refractivity contribution in [2.75, 3.05) is 38.8 Å². The fraction of sp³-hybridized carbons (Fsp3) is 0.488. The van der Waals surface area contributed by atoms with E-state index >= 15 is 13.3 Å². The first-order valence-electron chi connectivity index (χ1n) is 20.1. The Labute approximate surface area is 352 Å². The van der Waals surface area contributed by atoms with Gasteiger partial charge in [0.1, 0.15) is 40.0 Å². The Morgan fingerprint density at radius 2 is 1.90 bits per heavy atom. The number of nitrogens with zero attached hydrogens (tertiary/aromatic N) is 3. The molecular weight excluding hydrogens is 821 g/mol. The van der Waals surface area contributed by atoms with Gasteiger partial charge >= 0.3 is 0 Å². The molecule has 1 amide bonds. The van der Waals surface area contributed by atoms with Crippen LogP contribution in [-0.4, -0.2) is 83.4 Å². The summed E-state index contributed by atoms with van der Waals surface area (Å²) >= 11 is 8.29.